The van der Waals surface area contributed by atoms with Gasteiger partial charge in [-0.15, -0.1) is 5.10 Å². The molecule has 8 nitrogen and oxygen atoms in total. The molecule has 0 aliphatic carbocycles. The van der Waals surface area contributed by atoms with Crippen LogP contribution in [0.25, 0.3) is 5.69 Å². The van der Waals surface area contributed by atoms with Crippen LogP contribution in [0.1, 0.15) is 17.3 Å². The number of carbonyl (C=O) groups is 2. The lowest BCUT2D eigenvalue weighted by Crippen LogP contribution is -2.30. The molecular weight excluding hydrogens is 341 g/mol. The Kier molecular flexibility index (Phi) is 4.97. The van der Waals surface area contributed by atoms with Crippen LogP contribution < -0.4 is 5.32 Å². The van der Waals surface area contributed by atoms with Gasteiger partial charge < -0.3 is 10.1 Å². The van der Waals surface area contributed by atoms with E-state index in [1.54, 1.807) is 18.2 Å². The maximum absolute atomic E-state index is 13.6. The first-order valence-corrected chi connectivity index (χ1v) is 7.64. The van der Waals surface area contributed by atoms with Crippen molar-refractivity contribution in [1.29, 1.82) is 0 Å². The molecule has 0 spiro atoms. The third-order valence-corrected chi connectivity index (χ3v) is 3.50. The number of nitrogens with one attached hydrogen (secondary N) is 1. The predicted molar refractivity (Wildman–Crippen MR) is 89.1 cm³/mol. The smallest absolute Gasteiger partial charge is 0.338 e. The zero-order chi connectivity index (χ0) is 18.5. The Labute approximate surface area is 147 Å². The number of ether oxygens (including phenoxy) is 1. The minimum atomic E-state index is -1.10. The minimum absolute atomic E-state index is 0.0196. The average molecular weight is 355 g/mol. The summed E-state index contributed by atoms with van der Waals surface area (Å²) in [6.07, 6.45) is 0.323. The Morgan fingerprint density at radius 3 is 2.54 bits per heavy atom. The third-order valence-electron chi connectivity index (χ3n) is 3.50. The van der Waals surface area contributed by atoms with E-state index >= 15 is 0 Å². The molecule has 1 heterocycles. The van der Waals surface area contributed by atoms with Crippen molar-refractivity contribution in [2.75, 3.05) is 5.32 Å². The normalized spacial score (nSPS) is 11.6. The lowest BCUT2D eigenvalue weighted by molar-refractivity contribution is -0.123. The van der Waals surface area contributed by atoms with Gasteiger partial charge in [-0.2, -0.15) is 0 Å². The van der Waals surface area contributed by atoms with Gasteiger partial charge in [0, 0.05) is 0 Å². The number of para-hydroxylation sites is 1. The molecule has 1 amide bonds. The van der Waals surface area contributed by atoms with Crippen LogP contribution in [0.5, 0.6) is 0 Å². The first kappa shape index (κ1) is 17.2. The summed E-state index contributed by atoms with van der Waals surface area (Å²) in [5.41, 5.74) is 0.940. The van der Waals surface area contributed by atoms with Gasteiger partial charge in [-0.1, -0.05) is 12.1 Å². The molecule has 0 radical (unpaired) electrons. The molecule has 26 heavy (non-hydrogen) atoms. The first-order valence-electron chi connectivity index (χ1n) is 7.64. The molecule has 132 valence electrons. The zero-order valence-electron chi connectivity index (χ0n) is 13.7. The number of tetrazole rings is 1. The second-order valence-electron chi connectivity index (χ2n) is 5.32. The van der Waals surface area contributed by atoms with Crippen LogP contribution in [0.2, 0.25) is 0 Å². The van der Waals surface area contributed by atoms with Gasteiger partial charge in [0.05, 0.1) is 16.9 Å². The van der Waals surface area contributed by atoms with E-state index in [0.29, 0.717) is 5.69 Å². The average Bonchev–Trinajstić information content (AvgIpc) is 3.18. The highest BCUT2D eigenvalue weighted by Gasteiger charge is 2.20. The number of esters is 1. The number of rotatable bonds is 5. The molecule has 1 atom stereocenters. The molecule has 1 N–H and O–H groups in total. The molecule has 2 aromatic carbocycles. The van der Waals surface area contributed by atoms with Crippen molar-refractivity contribution in [3.8, 4) is 5.69 Å². The largest absolute Gasteiger partial charge is 0.449 e. The fourth-order valence-corrected chi connectivity index (χ4v) is 2.11. The van der Waals surface area contributed by atoms with Crippen LogP contribution in [-0.2, 0) is 9.53 Å². The van der Waals surface area contributed by atoms with E-state index in [1.807, 2.05) is 0 Å². The van der Waals surface area contributed by atoms with Crippen LogP contribution in [0, 0.1) is 5.82 Å². The summed E-state index contributed by atoms with van der Waals surface area (Å²) in [5.74, 6) is -1.88. The quantitative estimate of drug-likeness (QED) is 0.703. The summed E-state index contributed by atoms with van der Waals surface area (Å²) in [7, 11) is 0. The molecule has 3 rings (SSSR count). The SMILES string of the molecule is C[C@H](OC(=O)c1ccc(-n2cnnn2)cc1)C(=O)Nc1ccccc1F. The Hall–Kier alpha value is -3.62. The molecule has 0 saturated heterocycles. The van der Waals surface area contributed by atoms with Crippen molar-refractivity contribution >= 4 is 17.6 Å². The number of amides is 1. The van der Waals surface area contributed by atoms with Crippen LogP contribution in [0.15, 0.2) is 54.9 Å². The van der Waals surface area contributed by atoms with Gasteiger partial charge in [0.15, 0.2) is 6.10 Å². The molecule has 0 fully saturated rings. The van der Waals surface area contributed by atoms with Crippen molar-refractivity contribution in [2.45, 2.75) is 13.0 Å². The minimum Gasteiger partial charge on any atom is -0.449 e. The highest BCUT2D eigenvalue weighted by Crippen LogP contribution is 2.14. The summed E-state index contributed by atoms with van der Waals surface area (Å²) < 4.78 is 20.1. The number of hydrogen-bond acceptors (Lipinski definition) is 6. The maximum Gasteiger partial charge on any atom is 0.338 e. The zero-order valence-corrected chi connectivity index (χ0v) is 13.7. The molecule has 3 aromatic rings. The summed E-state index contributed by atoms with van der Waals surface area (Å²) in [6, 6.07) is 12.1. The van der Waals surface area contributed by atoms with Gasteiger partial charge in [-0.25, -0.2) is 13.9 Å². The summed E-state index contributed by atoms with van der Waals surface area (Å²) in [4.78, 5) is 24.2. The van der Waals surface area contributed by atoms with Crippen molar-refractivity contribution in [2.24, 2.45) is 0 Å². The van der Waals surface area contributed by atoms with E-state index in [9.17, 15) is 14.0 Å². The number of benzene rings is 2. The second kappa shape index (κ2) is 7.51. The fraction of sp³-hybridized carbons (Fsp3) is 0.118. The number of nitrogens with zero attached hydrogens (tertiary/aromatic N) is 4. The lowest BCUT2D eigenvalue weighted by atomic mass is 10.2. The topological polar surface area (TPSA) is 99.0 Å². The Morgan fingerprint density at radius 1 is 1.15 bits per heavy atom. The van der Waals surface area contributed by atoms with E-state index in [0.717, 1.165) is 0 Å². The number of aromatic nitrogens is 4. The number of halogens is 1. The standard InChI is InChI=1S/C17H14FN5O3/c1-11(16(24)20-15-5-3-2-4-14(15)18)26-17(25)12-6-8-13(9-7-12)23-10-19-21-22-23/h2-11H,1H3,(H,20,24)/t11-/m0/s1. The Morgan fingerprint density at radius 2 is 1.88 bits per heavy atom. The van der Waals surface area contributed by atoms with Gasteiger partial charge in [0.2, 0.25) is 0 Å². The number of hydrogen-bond donors (Lipinski definition) is 1. The van der Waals surface area contributed by atoms with Gasteiger partial charge in [0.1, 0.15) is 12.1 Å². The molecule has 0 aliphatic heterocycles. The number of anilines is 1. The van der Waals surface area contributed by atoms with Gasteiger partial charge in [0.25, 0.3) is 5.91 Å². The third kappa shape index (κ3) is 3.89. The van der Waals surface area contributed by atoms with E-state index < -0.39 is 23.8 Å². The molecule has 0 saturated carbocycles. The molecule has 9 heteroatoms. The predicted octanol–water partition coefficient (Wildman–Crippen LogP) is 1.99. The fourth-order valence-electron chi connectivity index (χ4n) is 2.11. The second-order valence-corrected chi connectivity index (χ2v) is 5.32. The summed E-state index contributed by atoms with van der Waals surface area (Å²) in [6.45, 7) is 1.41. The first-order chi connectivity index (χ1) is 12.5. The summed E-state index contributed by atoms with van der Waals surface area (Å²) >= 11 is 0. The van der Waals surface area contributed by atoms with E-state index in [2.05, 4.69) is 20.8 Å². The number of carbonyl (C=O) groups excluding carboxylic acids is 2. The molecule has 0 aliphatic rings. The van der Waals surface area contributed by atoms with Crippen molar-refractivity contribution in [3.05, 3.63) is 66.2 Å². The highest BCUT2D eigenvalue weighted by atomic mass is 19.1. The van der Waals surface area contributed by atoms with E-state index in [1.165, 1.54) is 48.3 Å². The van der Waals surface area contributed by atoms with Crippen LogP contribution in [0.3, 0.4) is 0 Å². The van der Waals surface area contributed by atoms with Crippen LogP contribution in [0.4, 0.5) is 10.1 Å². The molecule has 0 bridgehead atoms. The molecular formula is C17H14FN5O3. The van der Waals surface area contributed by atoms with Crippen molar-refractivity contribution in [3.63, 3.8) is 0 Å². The van der Waals surface area contributed by atoms with Gasteiger partial charge in [-0.05, 0) is 53.7 Å². The maximum atomic E-state index is 13.6. The molecule has 0 unspecified atom stereocenters. The van der Waals surface area contributed by atoms with E-state index in [-0.39, 0.29) is 11.3 Å². The van der Waals surface area contributed by atoms with Gasteiger partial charge in [-0.3, -0.25) is 4.79 Å². The van der Waals surface area contributed by atoms with Crippen LogP contribution in [-0.4, -0.2) is 38.2 Å². The summed E-state index contributed by atoms with van der Waals surface area (Å²) in [5, 5.41) is 13.2. The highest BCUT2D eigenvalue weighted by molar-refractivity contribution is 5.97. The van der Waals surface area contributed by atoms with Crippen molar-refractivity contribution < 1.29 is 18.7 Å². The van der Waals surface area contributed by atoms with Crippen LogP contribution >= 0.6 is 0 Å². The molecule has 1 aromatic heterocycles. The Bertz CT molecular complexity index is 912. The van der Waals surface area contributed by atoms with Gasteiger partial charge >= 0.3 is 5.97 Å². The van der Waals surface area contributed by atoms with Crippen molar-refractivity contribution in [1.82, 2.24) is 20.2 Å². The monoisotopic (exact) mass is 355 g/mol. The lowest BCUT2D eigenvalue weighted by Gasteiger charge is -2.14. The Balaban J connectivity index is 1.61. The van der Waals surface area contributed by atoms with E-state index in [4.69, 9.17) is 4.74 Å².